The van der Waals surface area contributed by atoms with Crippen molar-refractivity contribution in [2.75, 3.05) is 11.9 Å². The third kappa shape index (κ3) is 3.51. The van der Waals surface area contributed by atoms with Gasteiger partial charge in [0.1, 0.15) is 5.82 Å². The third-order valence-corrected chi connectivity index (χ3v) is 2.61. The van der Waals surface area contributed by atoms with Crippen molar-refractivity contribution in [2.45, 2.75) is 26.8 Å². The average molecular weight is 264 g/mol. The minimum Gasteiger partial charge on any atom is -0.406 e. The average Bonchev–Trinajstić information content (AvgIpc) is 2.76. The van der Waals surface area contributed by atoms with Crippen LogP contribution in [-0.2, 0) is 0 Å². The van der Waals surface area contributed by atoms with Gasteiger partial charge >= 0.3 is 6.01 Å². The molecule has 2 aromatic rings. The molecule has 0 aliphatic heterocycles. The number of nitrogens with one attached hydrogen (secondary N) is 2. The maximum absolute atomic E-state index is 13.2. The zero-order valence-corrected chi connectivity index (χ0v) is 11.2. The Balaban J connectivity index is 2.11. The number of hydrogen-bond acceptors (Lipinski definition) is 5. The van der Waals surface area contributed by atoms with Gasteiger partial charge < -0.3 is 15.1 Å². The lowest BCUT2D eigenvalue weighted by atomic mass is 10.2. The highest BCUT2D eigenvalue weighted by Gasteiger charge is 2.12. The first kappa shape index (κ1) is 13.5. The van der Waals surface area contributed by atoms with Crippen molar-refractivity contribution in [3.63, 3.8) is 0 Å². The summed E-state index contributed by atoms with van der Waals surface area (Å²) in [7, 11) is 0. The molecule has 0 amide bonds. The molecule has 0 radical (unpaired) electrons. The number of aromatic nitrogens is 2. The first-order valence-corrected chi connectivity index (χ1v) is 6.19. The molecule has 1 heterocycles. The first-order chi connectivity index (χ1) is 9.08. The summed E-state index contributed by atoms with van der Waals surface area (Å²) >= 11 is 0. The van der Waals surface area contributed by atoms with E-state index < -0.39 is 0 Å². The number of nitrogens with zero attached hydrogens (tertiary/aromatic N) is 2. The van der Waals surface area contributed by atoms with E-state index in [9.17, 15) is 4.39 Å². The summed E-state index contributed by atoms with van der Waals surface area (Å²) in [5.74, 6) is 0.195. The van der Waals surface area contributed by atoms with E-state index in [0.29, 0.717) is 11.6 Å². The summed E-state index contributed by atoms with van der Waals surface area (Å²) in [6.45, 7) is 6.57. The SMILES string of the molecule is CCNC(C)c1nnc(Nc2cc(C)cc(F)c2)o1. The third-order valence-electron chi connectivity index (χ3n) is 2.61. The first-order valence-electron chi connectivity index (χ1n) is 6.19. The van der Waals surface area contributed by atoms with Crippen molar-refractivity contribution >= 4 is 11.7 Å². The molecular formula is C13H17FN4O. The molecule has 0 spiro atoms. The van der Waals surface area contributed by atoms with Crippen LogP contribution in [0.3, 0.4) is 0 Å². The number of halogens is 1. The normalized spacial score (nSPS) is 12.4. The largest absolute Gasteiger partial charge is 0.406 e. The Kier molecular flexibility index (Phi) is 4.11. The number of rotatable bonds is 5. The molecule has 1 unspecified atom stereocenters. The molecule has 0 saturated heterocycles. The van der Waals surface area contributed by atoms with Gasteiger partial charge in [-0.25, -0.2) is 4.39 Å². The van der Waals surface area contributed by atoms with E-state index in [1.165, 1.54) is 12.1 Å². The molecule has 0 saturated carbocycles. The highest BCUT2D eigenvalue weighted by molar-refractivity contribution is 5.53. The lowest BCUT2D eigenvalue weighted by molar-refractivity contribution is 0.430. The molecule has 0 fully saturated rings. The molecule has 1 atom stereocenters. The predicted octanol–water partition coefficient (Wildman–Crippen LogP) is 2.93. The molecule has 19 heavy (non-hydrogen) atoms. The molecule has 1 aromatic heterocycles. The predicted molar refractivity (Wildman–Crippen MR) is 70.8 cm³/mol. The Morgan fingerprint density at radius 1 is 1.32 bits per heavy atom. The number of aryl methyl sites for hydroxylation is 1. The van der Waals surface area contributed by atoms with Gasteiger partial charge in [-0.3, -0.25) is 0 Å². The maximum Gasteiger partial charge on any atom is 0.320 e. The quantitative estimate of drug-likeness (QED) is 0.869. The summed E-state index contributed by atoms with van der Waals surface area (Å²) in [6, 6.07) is 4.88. The molecule has 0 aliphatic carbocycles. The van der Waals surface area contributed by atoms with Crippen LogP contribution in [0.5, 0.6) is 0 Å². The van der Waals surface area contributed by atoms with Crippen LogP contribution in [0, 0.1) is 12.7 Å². The van der Waals surface area contributed by atoms with Gasteiger partial charge in [-0.15, -0.1) is 5.10 Å². The lowest BCUT2D eigenvalue weighted by Gasteiger charge is -2.06. The standard InChI is InChI=1S/C13H17FN4O/c1-4-15-9(3)12-17-18-13(19-12)16-11-6-8(2)5-10(14)7-11/h5-7,9,15H,4H2,1-3H3,(H,16,18). The van der Waals surface area contributed by atoms with Crippen LogP contribution in [0.1, 0.15) is 31.3 Å². The van der Waals surface area contributed by atoms with Crippen molar-refractivity contribution in [3.8, 4) is 0 Å². The van der Waals surface area contributed by atoms with Gasteiger partial charge in [0.2, 0.25) is 5.89 Å². The minimum absolute atomic E-state index is 0.0118. The van der Waals surface area contributed by atoms with E-state index in [4.69, 9.17) is 4.42 Å². The van der Waals surface area contributed by atoms with Gasteiger partial charge in [-0.2, -0.15) is 0 Å². The summed E-state index contributed by atoms with van der Waals surface area (Å²) in [4.78, 5) is 0. The van der Waals surface area contributed by atoms with Gasteiger partial charge in [0.15, 0.2) is 0 Å². The number of anilines is 2. The summed E-state index contributed by atoms with van der Waals surface area (Å²) in [5, 5.41) is 13.9. The minimum atomic E-state index is -0.303. The molecule has 1 aromatic carbocycles. The summed E-state index contributed by atoms with van der Waals surface area (Å²) < 4.78 is 18.7. The molecular weight excluding hydrogens is 247 g/mol. The van der Waals surface area contributed by atoms with E-state index in [1.54, 1.807) is 6.07 Å². The Hall–Kier alpha value is -1.95. The molecule has 0 bridgehead atoms. The molecule has 2 N–H and O–H groups in total. The van der Waals surface area contributed by atoms with Crippen LogP contribution >= 0.6 is 0 Å². The highest BCUT2D eigenvalue weighted by atomic mass is 19.1. The fourth-order valence-electron chi connectivity index (χ4n) is 1.79. The van der Waals surface area contributed by atoms with Crippen molar-refractivity contribution in [1.29, 1.82) is 0 Å². The smallest absolute Gasteiger partial charge is 0.320 e. The highest BCUT2D eigenvalue weighted by Crippen LogP contribution is 2.20. The van der Waals surface area contributed by atoms with Crippen LogP contribution in [0.2, 0.25) is 0 Å². The fraction of sp³-hybridized carbons (Fsp3) is 0.385. The van der Waals surface area contributed by atoms with E-state index in [1.807, 2.05) is 20.8 Å². The van der Waals surface area contributed by atoms with Gasteiger partial charge in [0, 0.05) is 5.69 Å². The van der Waals surface area contributed by atoms with E-state index >= 15 is 0 Å². The van der Waals surface area contributed by atoms with Crippen LogP contribution in [0.4, 0.5) is 16.1 Å². The molecule has 6 heteroatoms. The number of benzene rings is 1. The Morgan fingerprint density at radius 3 is 2.79 bits per heavy atom. The topological polar surface area (TPSA) is 63.0 Å². The van der Waals surface area contributed by atoms with Gasteiger partial charge in [-0.1, -0.05) is 12.0 Å². The van der Waals surface area contributed by atoms with Gasteiger partial charge in [-0.05, 0) is 44.2 Å². The summed E-state index contributed by atoms with van der Waals surface area (Å²) in [5.41, 5.74) is 1.41. The number of hydrogen-bond donors (Lipinski definition) is 2. The van der Waals surface area contributed by atoms with Crippen molar-refractivity contribution < 1.29 is 8.81 Å². The monoisotopic (exact) mass is 264 g/mol. The van der Waals surface area contributed by atoms with E-state index in [0.717, 1.165) is 12.1 Å². The second-order valence-corrected chi connectivity index (χ2v) is 4.37. The van der Waals surface area contributed by atoms with E-state index in [-0.39, 0.29) is 17.9 Å². The van der Waals surface area contributed by atoms with Crippen molar-refractivity contribution in [2.24, 2.45) is 0 Å². The molecule has 2 rings (SSSR count). The summed E-state index contributed by atoms with van der Waals surface area (Å²) in [6.07, 6.45) is 0. The maximum atomic E-state index is 13.2. The van der Waals surface area contributed by atoms with Gasteiger partial charge in [0.25, 0.3) is 0 Å². The van der Waals surface area contributed by atoms with Crippen LogP contribution in [-0.4, -0.2) is 16.7 Å². The zero-order chi connectivity index (χ0) is 13.8. The molecule has 102 valence electrons. The Morgan fingerprint density at radius 2 is 2.11 bits per heavy atom. The zero-order valence-electron chi connectivity index (χ0n) is 11.2. The van der Waals surface area contributed by atoms with Crippen molar-refractivity contribution in [3.05, 3.63) is 35.5 Å². The van der Waals surface area contributed by atoms with Crippen LogP contribution in [0.15, 0.2) is 22.6 Å². The van der Waals surface area contributed by atoms with Crippen LogP contribution < -0.4 is 10.6 Å². The van der Waals surface area contributed by atoms with Gasteiger partial charge in [0.05, 0.1) is 6.04 Å². The second-order valence-electron chi connectivity index (χ2n) is 4.37. The fourth-order valence-corrected chi connectivity index (χ4v) is 1.79. The molecule has 0 aliphatic rings. The Labute approximate surface area is 111 Å². The van der Waals surface area contributed by atoms with E-state index in [2.05, 4.69) is 20.8 Å². The van der Waals surface area contributed by atoms with Crippen molar-refractivity contribution in [1.82, 2.24) is 15.5 Å². The Bertz CT molecular complexity index is 535. The lowest BCUT2D eigenvalue weighted by Crippen LogP contribution is -2.17. The molecule has 5 nitrogen and oxygen atoms in total. The van der Waals surface area contributed by atoms with Crippen LogP contribution in [0.25, 0.3) is 0 Å². The second kappa shape index (κ2) is 5.79.